The molecule has 2 aromatic carbocycles. The van der Waals surface area contributed by atoms with E-state index >= 15 is 0 Å². The summed E-state index contributed by atoms with van der Waals surface area (Å²) in [4.78, 5) is 21.5. The van der Waals surface area contributed by atoms with Gasteiger partial charge >= 0.3 is 0 Å². The Morgan fingerprint density at radius 3 is 2.69 bits per heavy atom. The Labute approximate surface area is 204 Å². The monoisotopic (exact) mass is 467 g/mol. The lowest BCUT2D eigenvalue weighted by molar-refractivity contribution is 0.0958. The Morgan fingerprint density at radius 2 is 1.94 bits per heavy atom. The van der Waals surface area contributed by atoms with Gasteiger partial charge in [-0.15, -0.1) is 5.10 Å². The number of fused-ring (bicyclic) bond motifs is 1. The number of hydrogen-bond acceptors (Lipinski definition) is 5. The summed E-state index contributed by atoms with van der Waals surface area (Å²) in [5.74, 6) is 3.14. The van der Waals surface area contributed by atoms with E-state index in [1.54, 1.807) is 0 Å². The SMILES string of the molecule is CCn1nc(-c2ccc(-c3cnc(C4CC4)n3C)c(C)c2)nc1Nc1ccc2c(c1)C(C)NC2=O. The van der Waals surface area contributed by atoms with E-state index in [0.29, 0.717) is 24.2 Å². The first kappa shape index (κ1) is 21.6. The highest BCUT2D eigenvalue weighted by molar-refractivity contribution is 5.99. The van der Waals surface area contributed by atoms with Gasteiger partial charge in [-0.25, -0.2) is 9.67 Å². The van der Waals surface area contributed by atoms with Crippen LogP contribution in [0, 0.1) is 6.92 Å². The maximum atomic E-state index is 12.0. The van der Waals surface area contributed by atoms with E-state index in [4.69, 9.17) is 10.1 Å². The summed E-state index contributed by atoms with van der Waals surface area (Å²) >= 11 is 0. The highest BCUT2D eigenvalue weighted by Gasteiger charge is 2.29. The molecule has 1 aliphatic heterocycles. The molecule has 0 radical (unpaired) electrons. The molecule has 0 bridgehead atoms. The molecule has 1 unspecified atom stereocenters. The predicted molar refractivity (Wildman–Crippen MR) is 136 cm³/mol. The van der Waals surface area contributed by atoms with Gasteiger partial charge in [0.05, 0.1) is 17.9 Å². The van der Waals surface area contributed by atoms with Gasteiger partial charge in [0.1, 0.15) is 5.82 Å². The highest BCUT2D eigenvalue weighted by Crippen LogP contribution is 2.40. The van der Waals surface area contributed by atoms with Crippen molar-refractivity contribution in [1.29, 1.82) is 0 Å². The van der Waals surface area contributed by atoms with Gasteiger partial charge < -0.3 is 15.2 Å². The zero-order chi connectivity index (χ0) is 24.3. The predicted octanol–water partition coefficient (Wildman–Crippen LogP) is 5.10. The summed E-state index contributed by atoms with van der Waals surface area (Å²) in [6.07, 6.45) is 4.47. The molecule has 0 spiro atoms. The standard InChI is InChI=1S/C27H29N7O/c1-5-34-27(30-19-9-11-21-22(13-19)16(3)29-26(21)35)31-24(32-34)18-8-10-20(15(2)12-18)23-14-28-25(33(23)4)17-6-7-17/h8-14,16-17H,5-7H2,1-4H3,(H,29,35)(H,30,31,32). The molecule has 2 aromatic heterocycles. The summed E-state index contributed by atoms with van der Waals surface area (Å²) in [5.41, 5.74) is 7.07. The smallest absolute Gasteiger partial charge is 0.252 e. The molecular formula is C27H29N7O. The second-order valence-corrected chi connectivity index (χ2v) is 9.56. The van der Waals surface area contributed by atoms with Gasteiger partial charge in [0.2, 0.25) is 5.95 Å². The van der Waals surface area contributed by atoms with E-state index in [-0.39, 0.29) is 11.9 Å². The number of aryl methyl sites for hydroxylation is 2. The second kappa shape index (κ2) is 8.08. The molecule has 1 atom stereocenters. The molecule has 1 fully saturated rings. The van der Waals surface area contributed by atoms with Crippen molar-refractivity contribution in [2.75, 3.05) is 5.32 Å². The number of aromatic nitrogens is 5. The summed E-state index contributed by atoms with van der Waals surface area (Å²) in [6.45, 7) is 6.85. The summed E-state index contributed by atoms with van der Waals surface area (Å²) in [7, 11) is 2.11. The zero-order valence-electron chi connectivity index (χ0n) is 20.5. The van der Waals surface area contributed by atoms with Crippen LogP contribution in [0.5, 0.6) is 0 Å². The largest absolute Gasteiger partial charge is 0.345 e. The van der Waals surface area contributed by atoms with Crippen LogP contribution in [0.15, 0.2) is 42.6 Å². The van der Waals surface area contributed by atoms with Crippen molar-refractivity contribution in [2.45, 2.75) is 52.1 Å². The van der Waals surface area contributed by atoms with Crippen molar-refractivity contribution in [3.8, 4) is 22.6 Å². The van der Waals surface area contributed by atoms with Crippen LogP contribution in [-0.2, 0) is 13.6 Å². The normalized spacial score (nSPS) is 16.9. The molecule has 8 nitrogen and oxygen atoms in total. The summed E-state index contributed by atoms with van der Waals surface area (Å²) in [6, 6.07) is 12.2. The van der Waals surface area contributed by atoms with Gasteiger partial charge in [0.15, 0.2) is 5.82 Å². The van der Waals surface area contributed by atoms with Crippen LogP contribution in [0.3, 0.4) is 0 Å². The van der Waals surface area contributed by atoms with Gasteiger partial charge in [-0.2, -0.15) is 4.98 Å². The number of nitrogens with zero attached hydrogens (tertiary/aromatic N) is 5. The zero-order valence-corrected chi connectivity index (χ0v) is 20.5. The van der Waals surface area contributed by atoms with Crippen LogP contribution >= 0.6 is 0 Å². The molecular weight excluding hydrogens is 438 g/mol. The van der Waals surface area contributed by atoms with Crippen molar-refractivity contribution < 1.29 is 4.79 Å². The molecule has 4 aromatic rings. The first-order chi connectivity index (χ1) is 16.9. The first-order valence-corrected chi connectivity index (χ1v) is 12.2. The van der Waals surface area contributed by atoms with Crippen LogP contribution in [0.2, 0.25) is 0 Å². The minimum Gasteiger partial charge on any atom is -0.345 e. The first-order valence-electron chi connectivity index (χ1n) is 12.2. The Bertz CT molecular complexity index is 1460. The third kappa shape index (κ3) is 3.69. The molecule has 35 heavy (non-hydrogen) atoms. The number of amides is 1. The Hall–Kier alpha value is -3.94. The second-order valence-electron chi connectivity index (χ2n) is 9.56. The third-order valence-electron chi connectivity index (χ3n) is 7.06. The third-order valence-corrected chi connectivity index (χ3v) is 7.06. The minimum atomic E-state index is -0.0215. The van der Waals surface area contributed by atoms with Gasteiger partial charge in [-0.05, 0) is 69.0 Å². The van der Waals surface area contributed by atoms with E-state index in [2.05, 4.69) is 52.4 Å². The molecule has 0 saturated heterocycles. The molecule has 178 valence electrons. The summed E-state index contributed by atoms with van der Waals surface area (Å²) in [5, 5.41) is 11.1. The lowest BCUT2D eigenvalue weighted by Gasteiger charge is -2.09. The van der Waals surface area contributed by atoms with Gasteiger partial charge in [0, 0.05) is 41.9 Å². The lowest BCUT2D eigenvalue weighted by atomic mass is 10.0. The molecule has 1 amide bonds. The van der Waals surface area contributed by atoms with Crippen molar-refractivity contribution in [3.05, 3.63) is 65.1 Å². The molecule has 1 saturated carbocycles. The van der Waals surface area contributed by atoms with Gasteiger partial charge in [-0.1, -0.05) is 12.1 Å². The van der Waals surface area contributed by atoms with Crippen LogP contribution in [-0.4, -0.2) is 30.2 Å². The summed E-state index contributed by atoms with van der Waals surface area (Å²) < 4.78 is 4.09. The molecule has 1 aliphatic carbocycles. The fraction of sp³-hybridized carbons (Fsp3) is 0.333. The van der Waals surface area contributed by atoms with Crippen LogP contribution < -0.4 is 10.6 Å². The fourth-order valence-electron chi connectivity index (χ4n) is 4.95. The Morgan fingerprint density at radius 1 is 1.14 bits per heavy atom. The lowest BCUT2D eigenvalue weighted by Crippen LogP contribution is -2.16. The Kier molecular flexibility index (Phi) is 4.98. The molecule has 3 heterocycles. The molecule has 2 aliphatic rings. The number of benzene rings is 2. The van der Waals surface area contributed by atoms with Crippen LogP contribution in [0.1, 0.15) is 66.0 Å². The number of imidazole rings is 1. The maximum absolute atomic E-state index is 12.0. The van der Waals surface area contributed by atoms with E-state index < -0.39 is 0 Å². The average molecular weight is 468 g/mol. The van der Waals surface area contributed by atoms with Crippen molar-refractivity contribution >= 4 is 17.5 Å². The number of carbonyl (C=O) groups is 1. The molecule has 6 rings (SSSR count). The van der Waals surface area contributed by atoms with Crippen LogP contribution in [0.4, 0.5) is 11.6 Å². The van der Waals surface area contributed by atoms with Gasteiger partial charge in [-0.3, -0.25) is 4.79 Å². The van der Waals surface area contributed by atoms with E-state index in [1.807, 2.05) is 42.9 Å². The minimum absolute atomic E-state index is 0.000118. The molecule has 8 heteroatoms. The molecule has 2 N–H and O–H groups in total. The number of hydrogen-bond donors (Lipinski definition) is 2. The fourth-order valence-corrected chi connectivity index (χ4v) is 4.95. The Balaban J connectivity index is 1.29. The van der Waals surface area contributed by atoms with E-state index in [0.717, 1.165) is 28.1 Å². The average Bonchev–Trinajstić information content (AvgIpc) is 3.40. The van der Waals surface area contributed by atoms with E-state index in [9.17, 15) is 4.79 Å². The van der Waals surface area contributed by atoms with Crippen LogP contribution in [0.25, 0.3) is 22.6 Å². The van der Waals surface area contributed by atoms with E-state index in [1.165, 1.54) is 29.8 Å². The number of rotatable bonds is 6. The number of nitrogens with one attached hydrogen (secondary N) is 2. The maximum Gasteiger partial charge on any atom is 0.252 e. The van der Waals surface area contributed by atoms with Crippen molar-refractivity contribution in [3.63, 3.8) is 0 Å². The van der Waals surface area contributed by atoms with Gasteiger partial charge in [0.25, 0.3) is 5.91 Å². The number of anilines is 2. The topological polar surface area (TPSA) is 89.7 Å². The number of carbonyl (C=O) groups excluding carboxylic acids is 1. The quantitative estimate of drug-likeness (QED) is 0.412. The van der Waals surface area contributed by atoms with Crippen molar-refractivity contribution in [1.82, 2.24) is 29.6 Å². The highest BCUT2D eigenvalue weighted by atomic mass is 16.2. The van der Waals surface area contributed by atoms with Crippen molar-refractivity contribution in [2.24, 2.45) is 7.05 Å².